The Balaban J connectivity index is 1.89. The molecular formula is C14H21Cl3N2OS. The molecule has 0 unspecified atom stereocenters. The van der Waals surface area contributed by atoms with Gasteiger partial charge in [0.05, 0.1) is 4.87 Å². The number of hydrogen-bond donors (Lipinski definition) is 1. The third-order valence-corrected chi connectivity index (χ3v) is 7.20. The molecule has 3 aliphatic rings. The number of thioether (sulfide) groups is 1. The second kappa shape index (κ2) is 5.94. The average molecular weight is 372 g/mol. The van der Waals surface area contributed by atoms with Crippen LogP contribution in [0.1, 0.15) is 64.2 Å². The number of nitrogens with zero attached hydrogens (tertiary/aromatic N) is 1. The van der Waals surface area contributed by atoms with Crippen LogP contribution in [0.2, 0.25) is 0 Å². The molecule has 120 valence electrons. The molecule has 0 aromatic rings. The Morgan fingerprint density at radius 2 is 1.48 bits per heavy atom. The summed E-state index contributed by atoms with van der Waals surface area (Å²) in [5, 5.41) is 1.69. The molecule has 2 saturated carbocycles. The molecule has 7 heteroatoms. The maximum atomic E-state index is 12.6. The number of nitrogens with one attached hydrogen (secondary N) is 1. The predicted molar refractivity (Wildman–Crippen MR) is 89.5 cm³/mol. The maximum Gasteiger partial charge on any atom is 0.290 e. The molecule has 0 atom stereocenters. The van der Waals surface area contributed by atoms with Gasteiger partial charge in [0.15, 0.2) is 0 Å². The van der Waals surface area contributed by atoms with E-state index in [9.17, 15) is 4.79 Å². The molecule has 1 heterocycles. The van der Waals surface area contributed by atoms with E-state index in [1.165, 1.54) is 25.7 Å². The third kappa shape index (κ3) is 3.16. The van der Waals surface area contributed by atoms with Crippen LogP contribution in [0.5, 0.6) is 0 Å². The quantitative estimate of drug-likeness (QED) is 0.623. The minimum atomic E-state index is -1.89. The smallest absolute Gasteiger partial charge is 0.268 e. The van der Waals surface area contributed by atoms with Crippen LogP contribution >= 0.6 is 46.6 Å². The Morgan fingerprint density at radius 1 is 0.952 bits per heavy atom. The van der Waals surface area contributed by atoms with E-state index in [1.54, 1.807) is 5.01 Å². The molecule has 0 radical (unpaired) electrons. The molecule has 3 rings (SSSR count). The Bertz CT molecular complexity index is 415. The van der Waals surface area contributed by atoms with Gasteiger partial charge in [-0.05, 0) is 25.7 Å². The van der Waals surface area contributed by atoms with Crippen LogP contribution in [0.15, 0.2) is 0 Å². The molecule has 2 spiro atoms. The first-order valence-electron chi connectivity index (χ1n) is 7.76. The lowest BCUT2D eigenvalue weighted by atomic mass is 9.94. The first kappa shape index (κ1) is 16.5. The topological polar surface area (TPSA) is 32.3 Å². The zero-order valence-electron chi connectivity index (χ0n) is 12.0. The van der Waals surface area contributed by atoms with Crippen molar-refractivity contribution >= 4 is 52.5 Å². The van der Waals surface area contributed by atoms with E-state index < -0.39 is 9.70 Å². The van der Waals surface area contributed by atoms with Gasteiger partial charge in [-0.3, -0.25) is 9.80 Å². The Morgan fingerprint density at radius 3 is 2.00 bits per heavy atom. The van der Waals surface area contributed by atoms with Crippen molar-refractivity contribution in [3.8, 4) is 0 Å². The Labute approximate surface area is 145 Å². The number of alkyl halides is 3. The predicted octanol–water partition coefficient (Wildman–Crippen LogP) is 4.76. The van der Waals surface area contributed by atoms with Gasteiger partial charge in [-0.25, -0.2) is 5.43 Å². The van der Waals surface area contributed by atoms with Crippen LogP contribution in [-0.4, -0.2) is 24.5 Å². The van der Waals surface area contributed by atoms with Gasteiger partial charge in [-0.1, -0.05) is 73.3 Å². The van der Waals surface area contributed by atoms with E-state index in [0.717, 1.165) is 38.5 Å². The zero-order valence-corrected chi connectivity index (χ0v) is 15.1. The molecule has 0 aromatic heterocycles. The van der Waals surface area contributed by atoms with Crippen LogP contribution in [0.25, 0.3) is 0 Å². The van der Waals surface area contributed by atoms with Crippen molar-refractivity contribution < 1.29 is 4.79 Å². The van der Waals surface area contributed by atoms with E-state index in [4.69, 9.17) is 34.8 Å². The summed E-state index contributed by atoms with van der Waals surface area (Å²) in [6.07, 6.45) is 11.3. The van der Waals surface area contributed by atoms with Crippen LogP contribution in [-0.2, 0) is 4.79 Å². The molecular weight excluding hydrogens is 351 g/mol. The molecule has 2 aliphatic carbocycles. The van der Waals surface area contributed by atoms with Gasteiger partial charge in [-0.15, -0.1) is 11.8 Å². The second-order valence-corrected chi connectivity index (χ2v) is 10.4. The number of hydrazine groups is 1. The van der Waals surface area contributed by atoms with Gasteiger partial charge in [0.25, 0.3) is 9.70 Å². The summed E-state index contributed by atoms with van der Waals surface area (Å²) in [5.74, 6) is -0.427. The highest BCUT2D eigenvalue weighted by Crippen LogP contribution is 2.57. The standard InChI is InChI=1S/C14H21Cl3N2OS/c15-14(16,17)11(20)19-13(9-5-2-6-10-13)21-12(18-19)7-3-1-4-8-12/h18H,1-10H2. The van der Waals surface area contributed by atoms with Crippen LogP contribution in [0, 0.1) is 0 Å². The van der Waals surface area contributed by atoms with Gasteiger partial charge in [-0.2, -0.15) is 0 Å². The highest BCUT2D eigenvalue weighted by atomic mass is 35.6. The fourth-order valence-electron chi connectivity index (χ4n) is 3.87. The average Bonchev–Trinajstić information content (AvgIpc) is 2.72. The fraction of sp³-hybridized carbons (Fsp3) is 0.929. The minimum Gasteiger partial charge on any atom is -0.268 e. The molecule has 0 aromatic carbocycles. The van der Waals surface area contributed by atoms with Crippen molar-refractivity contribution in [2.24, 2.45) is 0 Å². The minimum absolute atomic E-state index is 0.0405. The molecule has 3 fully saturated rings. The summed E-state index contributed by atoms with van der Waals surface area (Å²) in [6, 6.07) is 0. The summed E-state index contributed by atoms with van der Waals surface area (Å²) in [5.41, 5.74) is 3.47. The molecule has 0 bridgehead atoms. The number of amides is 1. The van der Waals surface area contributed by atoms with Crippen molar-refractivity contribution in [2.45, 2.75) is 77.7 Å². The number of halogens is 3. The van der Waals surface area contributed by atoms with E-state index in [2.05, 4.69) is 5.43 Å². The number of rotatable bonds is 0. The van der Waals surface area contributed by atoms with Crippen molar-refractivity contribution in [3.63, 3.8) is 0 Å². The van der Waals surface area contributed by atoms with Crippen molar-refractivity contribution in [1.29, 1.82) is 0 Å². The summed E-state index contributed by atoms with van der Waals surface area (Å²) in [6.45, 7) is 0. The summed E-state index contributed by atoms with van der Waals surface area (Å²) in [4.78, 5) is 12.4. The normalized spacial score (nSPS) is 28.2. The maximum absolute atomic E-state index is 12.6. The summed E-state index contributed by atoms with van der Waals surface area (Å²) < 4.78 is -1.89. The molecule has 1 saturated heterocycles. The molecule has 1 aliphatic heterocycles. The monoisotopic (exact) mass is 370 g/mol. The van der Waals surface area contributed by atoms with Crippen LogP contribution in [0.4, 0.5) is 0 Å². The van der Waals surface area contributed by atoms with E-state index in [0.29, 0.717) is 0 Å². The van der Waals surface area contributed by atoms with Gasteiger partial charge in [0, 0.05) is 0 Å². The van der Waals surface area contributed by atoms with Gasteiger partial charge in [0.2, 0.25) is 0 Å². The van der Waals surface area contributed by atoms with Crippen molar-refractivity contribution in [1.82, 2.24) is 10.4 Å². The van der Waals surface area contributed by atoms with Gasteiger partial charge < -0.3 is 0 Å². The summed E-state index contributed by atoms with van der Waals surface area (Å²) >= 11 is 19.6. The molecule has 3 nitrogen and oxygen atoms in total. The lowest BCUT2D eigenvalue weighted by molar-refractivity contribution is -0.138. The number of hydrogen-bond acceptors (Lipinski definition) is 3. The van der Waals surface area contributed by atoms with Crippen molar-refractivity contribution in [3.05, 3.63) is 0 Å². The van der Waals surface area contributed by atoms with Gasteiger partial charge >= 0.3 is 0 Å². The molecule has 1 N–H and O–H groups in total. The van der Waals surface area contributed by atoms with E-state index in [1.807, 2.05) is 11.8 Å². The SMILES string of the molecule is O=C(N1NC2(CCCCC2)SC12CCCCC2)C(Cl)(Cl)Cl. The van der Waals surface area contributed by atoms with Crippen LogP contribution in [0.3, 0.4) is 0 Å². The lowest BCUT2D eigenvalue weighted by Gasteiger charge is -2.40. The van der Waals surface area contributed by atoms with Crippen LogP contribution < -0.4 is 5.43 Å². The highest BCUT2D eigenvalue weighted by molar-refractivity contribution is 8.02. The van der Waals surface area contributed by atoms with Gasteiger partial charge in [0.1, 0.15) is 4.87 Å². The zero-order chi connectivity index (χ0) is 15.1. The third-order valence-electron chi connectivity index (χ3n) is 4.85. The second-order valence-electron chi connectivity index (χ2n) is 6.41. The fourth-order valence-corrected chi connectivity index (χ4v) is 6.19. The lowest BCUT2D eigenvalue weighted by Crippen LogP contribution is -2.57. The largest absolute Gasteiger partial charge is 0.290 e. The number of carbonyl (C=O) groups excluding carboxylic acids is 1. The van der Waals surface area contributed by atoms with Crippen molar-refractivity contribution in [2.75, 3.05) is 0 Å². The van der Waals surface area contributed by atoms with E-state index >= 15 is 0 Å². The number of carbonyl (C=O) groups is 1. The highest BCUT2D eigenvalue weighted by Gasteiger charge is 2.58. The summed E-state index contributed by atoms with van der Waals surface area (Å²) in [7, 11) is 0. The Kier molecular flexibility index (Phi) is 4.67. The van der Waals surface area contributed by atoms with E-state index in [-0.39, 0.29) is 9.74 Å². The first-order valence-corrected chi connectivity index (χ1v) is 9.71. The molecule has 21 heavy (non-hydrogen) atoms. The first-order chi connectivity index (χ1) is 9.87. The Hall–Kier alpha value is 0.650. The molecule has 1 amide bonds.